The molecule has 0 radical (unpaired) electrons. The van der Waals surface area contributed by atoms with Gasteiger partial charge in [-0.3, -0.25) is 0 Å². The number of carbonyl (C=O) groups is 1. The maximum absolute atomic E-state index is 12.5. The third kappa shape index (κ3) is 5.56. The second kappa shape index (κ2) is 9.87. The van der Waals surface area contributed by atoms with Gasteiger partial charge in [-0.2, -0.15) is 4.98 Å². The van der Waals surface area contributed by atoms with Gasteiger partial charge in [0.15, 0.2) is 5.82 Å². The van der Waals surface area contributed by atoms with E-state index in [2.05, 4.69) is 15.5 Å². The van der Waals surface area contributed by atoms with Crippen molar-refractivity contribution >= 4 is 6.03 Å². The number of amides is 2. The zero-order chi connectivity index (χ0) is 19.9. The van der Waals surface area contributed by atoms with E-state index in [1.54, 1.807) is 0 Å². The Hall–Kier alpha value is -2.41. The predicted molar refractivity (Wildman–Crippen MR) is 108 cm³/mol. The highest BCUT2D eigenvalue weighted by Crippen LogP contribution is 2.26. The normalized spacial score (nSPS) is 18.7. The molecule has 1 aliphatic carbocycles. The van der Waals surface area contributed by atoms with Crippen molar-refractivity contribution < 1.29 is 14.1 Å². The molecule has 1 saturated heterocycles. The largest absolute Gasteiger partial charge is 0.367 e. The first-order valence-electron chi connectivity index (χ1n) is 10.8. The fourth-order valence-electron chi connectivity index (χ4n) is 4.18. The number of hydrogen-bond donors (Lipinski definition) is 1. The highest BCUT2D eigenvalue weighted by atomic mass is 16.5. The minimum absolute atomic E-state index is 0.0819. The number of nitrogens with one attached hydrogen (secondary N) is 1. The summed E-state index contributed by atoms with van der Waals surface area (Å²) in [5.74, 6) is 1.48. The Balaban J connectivity index is 1.20. The van der Waals surface area contributed by atoms with Crippen LogP contribution in [0.1, 0.15) is 68.1 Å². The molecular formula is C22H30N4O3. The summed E-state index contributed by atoms with van der Waals surface area (Å²) in [4.78, 5) is 18.9. The first-order chi connectivity index (χ1) is 14.3. The smallest absolute Gasteiger partial charge is 0.317 e. The van der Waals surface area contributed by atoms with E-state index < -0.39 is 0 Å². The Kier molecular flexibility index (Phi) is 6.77. The van der Waals surface area contributed by atoms with Crippen LogP contribution in [0.25, 0.3) is 0 Å². The third-order valence-corrected chi connectivity index (χ3v) is 5.90. The van der Waals surface area contributed by atoms with Crippen LogP contribution in [-0.4, -0.2) is 40.2 Å². The Bertz CT molecular complexity index is 765. The molecule has 7 nitrogen and oxygen atoms in total. The first kappa shape index (κ1) is 19.9. The Morgan fingerprint density at radius 1 is 1.07 bits per heavy atom. The topological polar surface area (TPSA) is 80.5 Å². The number of carbonyl (C=O) groups excluding carboxylic acids is 1. The predicted octanol–water partition coefficient (Wildman–Crippen LogP) is 4.01. The van der Waals surface area contributed by atoms with E-state index in [4.69, 9.17) is 9.26 Å². The molecule has 2 amide bonds. The molecule has 29 heavy (non-hydrogen) atoms. The molecule has 7 heteroatoms. The molecule has 1 aromatic carbocycles. The number of ether oxygens (including phenoxy) is 1. The molecule has 2 fully saturated rings. The number of hydrogen-bond acceptors (Lipinski definition) is 5. The molecule has 156 valence electrons. The molecule has 1 N–H and O–H groups in total. The van der Waals surface area contributed by atoms with Gasteiger partial charge in [-0.1, -0.05) is 54.8 Å². The average Bonchev–Trinajstić information content (AvgIpc) is 3.24. The minimum Gasteiger partial charge on any atom is -0.367 e. The van der Waals surface area contributed by atoms with Crippen LogP contribution in [0.4, 0.5) is 4.79 Å². The fourth-order valence-corrected chi connectivity index (χ4v) is 4.18. The molecule has 2 aliphatic rings. The van der Waals surface area contributed by atoms with Crippen molar-refractivity contribution in [3.8, 4) is 0 Å². The maximum atomic E-state index is 12.5. The number of piperidine rings is 1. The van der Waals surface area contributed by atoms with Gasteiger partial charge in [-0.05, 0) is 31.2 Å². The van der Waals surface area contributed by atoms with Crippen LogP contribution in [0.5, 0.6) is 0 Å². The van der Waals surface area contributed by atoms with E-state index in [1.165, 1.54) is 19.3 Å². The van der Waals surface area contributed by atoms with Gasteiger partial charge in [0.2, 0.25) is 0 Å². The van der Waals surface area contributed by atoms with Crippen molar-refractivity contribution in [2.45, 2.75) is 70.1 Å². The van der Waals surface area contributed by atoms with Gasteiger partial charge in [0.1, 0.15) is 6.61 Å². The Morgan fingerprint density at radius 2 is 1.83 bits per heavy atom. The van der Waals surface area contributed by atoms with Crippen molar-refractivity contribution in [3.05, 3.63) is 47.6 Å². The average molecular weight is 399 g/mol. The lowest BCUT2D eigenvalue weighted by Gasteiger charge is -2.33. The van der Waals surface area contributed by atoms with Crippen LogP contribution in [-0.2, 0) is 18.0 Å². The van der Waals surface area contributed by atoms with Crippen molar-refractivity contribution in [2.75, 3.05) is 13.1 Å². The van der Waals surface area contributed by atoms with Crippen molar-refractivity contribution in [1.82, 2.24) is 20.4 Å². The summed E-state index contributed by atoms with van der Waals surface area (Å²) in [6.07, 6.45) is 7.69. The zero-order valence-corrected chi connectivity index (χ0v) is 16.9. The van der Waals surface area contributed by atoms with E-state index >= 15 is 0 Å². The molecular weight excluding hydrogens is 368 g/mol. The van der Waals surface area contributed by atoms with E-state index in [9.17, 15) is 4.79 Å². The van der Waals surface area contributed by atoms with Gasteiger partial charge in [0.25, 0.3) is 5.89 Å². The summed E-state index contributed by atoms with van der Waals surface area (Å²) in [7, 11) is 0. The molecule has 0 bridgehead atoms. The zero-order valence-electron chi connectivity index (χ0n) is 16.9. The van der Waals surface area contributed by atoms with Crippen LogP contribution in [0.2, 0.25) is 0 Å². The Labute approximate surface area is 171 Å². The molecule has 1 saturated carbocycles. The quantitative estimate of drug-likeness (QED) is 0.795. The van der Waals surface area contributed by atoms with E-state index in [-0.39, 0.29) is 11.9 Å². The number of rotatable bonds is 6. The second-order valence-corrected chi connectivity index (χ2v) is 8.07. The van der Waals surface area contributed by atoms with Gasteiger partial charge in [0.05, 0.1) is 6.61 Å². The molecule has 4 rings (SSSR count). The van der Waals surface area contributed by atoms with Gasteiger partial charge < -0.3 is 19.5 Å². The number of urea groups is 1. The number of aromatic nitrogens is 2. The second-order valence-electron chi connectivity index (χ2n) is 8.07. The monoisotopic (exact) mass is 398 g/mol. The lowest BCUT2D eigenvalue weighted by Crippen LogP contribution is -2.48. The first-order valence-corrected chi connectivity index (χ1v) is 10.8. The molecule has 2 heterocycles. The summed E-state index contributed by atoms with van der Waals surface area (Å²) >= 11 is 0. The molecule has 0 unspecified atom stereocenters. The van der Waals surface area contributed by atoms with Crippen molar-refractivity contribution in [1.29, 1.82) is 0 Å². The van der Waals surface area contributed by atoms with E-state index in [1.807, 2.05) is 35.2 Å². The molecule has 1 aliphatic heterocycles. The van der Waals surface area contributed by atoms with Crippen molar-refractivity contribution in [3.63, 3.8) is 0 Å². The van der Waals surface area contributed by atoms with Gasteiger partial charge in [-0.25, -0.2) is 4.79 Å². The number of benzene rings is 1. The van der Waals surface area contributed by atoms with Gasteiger partial charge in [0, 0.05) is 25.0 Å². The van der Waals surface area contributed by atoms with Crippen LogP contribution in [0.3, 0.4) is 0 Å². The SMILES string of the molecule is O=C(NC1CCCCC1)N1CCC(c2noc(COCc3ccccc3)n2)CC1. The van der Waals surface area contributed by atoms with Crippen LogP contribution in [0.15, 0.2) is 34.9 Å². The van der Waals surface area contributed by atoms with Crippen LogP contribution < -0.4 is 5.32 Å². The summed E-state index contributed by atoms with van der Waals surface area (Å²) in [5, 5.41) is 7.35. The summed E-state index contributed by atoms with van der Waals surface area (Å²) in [6, 6.07) is 10.5. The lowest BCUT2D eigenvalue weighted by molar-refractivity contribution is 0.0850. The van der Waals surface area contributed by atoms with Crippen LogP contribution in [0, 0.1) is 0 Å². The summed E-state index contributed by atoms with van der Waals surface area (Å²) in [6.45, 7) is 2.30. The van der Waals surface area contributed by atoms with Gasteiger partial charge in [-0.15, -0.1) is 0 Å². The summed E-state index contributed by atoms with van der Waals surface area (Å²) in [5.41, 5.74) is 1.12. The molecule has 0 spiro atoms. The number of nitrogens with zero attached hydrogens (tertiary/aromatic N) is 3. The van der Waals surface area contributed by atoms with E-state index in [0.29, 0.717) is 25.1 Å². The third-order valence-electron chi connectivity index (χ3n) is 5.90. The number of likely N-dealkylation sites (tertiary alicyclic amines) is 1. The highest BCUT2D eigenvalue weighted by Gasteiger charge is 2.28. The standard InChI is InChI=1S/C22H30N4O3/c27-22(23-19-9-5-2-6-10-19)26-13-11-18(12-14-26)21-24-20(29-25-21)16-28-15-17-7-3-1-4-8-17/h1,3-4,7-8,18-19H,2,5-6,9-16H2,(H,23,27). The fraction of sp³-hybridized carbons (Fsp3) is 0.591. The van der Waals surface area contributed by atoms with Crippen molar-refractivity contribution in [2.24, 2.45) is 0 Å². The lowest BCUT2D eigenvalue weighted by atomic mass is 9.95. The Morgan fingerprint density at radius 3 is 2.59 bits per heavy atom. The van der Waals surface area contributed by atoms with Gasteiger partial charge >= 0.3 is 6.03 Å². The van der Waals surface area contributed by atoms with E-state index in [0.717, 1.165) is 50.2 Å². The molecule has 2 aromatic rings. The minimum atomic E-state index is 0.0819. The molecule has 0 atom stereocenters. The maximum Gasteiger partial charge on any atom is 0.317 e. The van der Waals surface area contributed by atoms with Crippen LogP contribution >= 0.6 is 0 Å². The summed E-state index contributed by atoms with van der Waals surface area (Å²) < 4.78 is 11.0. The molecule has 1 aromatic heterocycles. The highest BCUT2D eigenvalue weighted by molar-refractivity contribution is 5.74.